The predicted octanol–water partition coefficient (Wildman–Crippen LogP) is 1.97. The van der Waals surface area contributed by atoms with Crippen molar-refractivity contribution in [2.24, 2.45) is 0 Å². The minimum atomic E-state index is -2.42. The standard InChI is InChI=1S/C10H11FO3/c1-6-5-7(12)3-4-8(6)10(2,11)9(13)14/h3-5,12H,1-2H3,(H,13,14). The highest BCUT2D eigenvalue weighted by atomic mass is 19.1. The molecule has 0 saturated heterocycles. The number of aromatic hydroxyl groups is 1. The topological polar surface area (TPSA) is 57.5 Å². The van der Waals surface area contributed by atoms with Gasteiger partial charge in [-0.1, -0.05) is 6.07 Å². The molecule has 0 aliphatic heterocycles. The van der Waals surface area contributed by atoms with Crippen molar-refractivity contribution in [3.05, 3.63) is 29.3 Å². The Balaban J connectivity index is 3.26. The first-order chi connectivity index (χ1) is 6.35. The van der Waals surface area contributed by atoms with Crippen LogP contribution in [0.5, 0.6) is 5.75 Å². The fourth-order valence-electron chi connectivity index (χ4n) is 1.29. The molecule has 14 heavy (non-hydrogen) atoms. The van der Waals surface area contributed by atoms with E-state index in [9.17, 15) is 9.18 Å². The molecule has 0 aromatic heterocycles. The molecule has 3 nitrogen and oxygen atoms in total. The van der Waals surface area contributed by atoms with Crippen LogP contribution in [0.2, 0.25) is 0 Å². The number of aryl methyl sites for hydroxylation is 1. The predicted molar refractivity (Wildman–Crippen MR) is 48.9 cm³/mol. The summed E-state index contributed by atoms with van der Waals surface area (Å²) in [5.74, 6) is -1.54. The van der Waals surface area contributed by atoms with Crippen molar-refractivity contribution in [2.75, 3.05) is 0 Å². The van der Waals surface area contributed by atoms with Gasteiger partial charge in [0, 0.05) is 5.56 Å². The lowest BCUT2D eigenvalue weighted by molar-refractivity contribution is -0.150. The van der Waals surface area contributed by atoms with Crippen molar-refractivity contribution >= 4 is 5.97 Å². The number of rotatable bonds is 2. The van der Waals surface area contributed by atoms with Crippen LogP contribution in [0.1, 0.15) is 18.1 Å². The second kappa shape index (κ2) is 3.29. The number of carbonyl (C=O) groups is 1. The minimum Gasteiger partial charge on any atom is -0.508 e. The number of benzene rings is 1. The third-order valence-corrected chi connectivity index (χ3v) is 2.12. The van der Waals surface area contributed by atoms with Crippen LogP contribution >= 0.6 is 0 Å². The van der Waals surface area contributed by atoms with Gasteiger partial charge in [0.2, 0.25) is 5.67 Å². The van der Waals surface area contributed by atoms with Crippen molar-refractivity contribution < 1.29 is 19.4 Å². The number of aliphatic carboxylic acids is 1. The minimum absolute atomic E-state index is 0.00700. The number of carboxylic acid groups (broad SMARTS) is 1. The average Bonchev–Trinajstić information content (AvgIpc) is 2.02. The molecule has 0 aliphatic rings. The fourth-order valence-corrected chi connectivity index (χ4v) is 1.29. The first-order valence-electron chi connectivity index (χ1n) is 4.08. The van der Waals surface area contributed by atoms with Crippen LogP contribution < -0.4 is 0 Å². The number of hydrogen-bond donors (Lipinski definition) is 2. The number of halogens is 1. The maximum atomic E-state index is 13.7. The number of alkyl halides is 1. The van der Waals surface area contributed by atoms with E-state index in [1.807, 2.05) is 0 Å². The van der Waals surface area contributed by atoms with E-state index in [-0.39, 0.29) is 11.3 Å². The molecular formula is C10H11FO3. The second-order valence-corrected chi connectivity index (χ2v) is 3.31. The molecule has 0 radical (unpaired) electrons. The zero-order chi connectivity index (χ0) is 10.9. The van der Waals surface area contributed by atoms with Gasteiger partial charge in [-0.15, -0.1) is 0 Å². The highest BCUT2D eigenvalue weighted by molar-refractivity contribution is 5.79. The van der Waals surface area contributed by atoms with E-state index in [2.05, 4.69) is 0 Å². The number of carboxylic acids is 1. The third kappa shape index (κ3) is 1.69. The molecule has 1 rings (SSSR count). The van der Waals surface area contributed by atoms with Crippen molar-refractivity contribution in [1.29, 1.82) is 0 Å². The van der Waals surface area contributed by atoms with Crippen molar-refractivity contribution in [2.45, 2.75) is 19.5 Å². The Morgan fingerprint density at radius 3 is 2.50 bits per heavy atom. The van der Waals surface area contributed by atoms with Crippen LogP contribution in [-0.4, -0.2) is 16.2 Å². The van der Waals surface area contributed by atoms with Crippen molar-refractivity contribution in [3.8, 4) is 5.75 Å². The van der Waals surface area contributed by atoms with E-state index < -0.39 is 11.6 Å². The molecule has 0 saturated carbocycles. The SMILES string of the molecule is Cc1cc(O)ccc1C(C)(F)C(=O)O. The second-order valence-electron chi connectivity index (χ2n) is 3.31. The van der Waals surface area contributed by atoms with Gasteiger partial charge in [-0.25, -0.2) is 9.18 Å². The molecule has 76 valence electrons. The Bertz CT molecular complexity index is 372. The third-order valence-electron chi connectivity index (χ3n) is 2.12. The van der Waals surface area contributed by atoms with Crippen LogP contribution in [0.25, 0.3) is 0 Å². The fraction of sp³-hybridized carbons (Fsp3) is 0.300. The van der Waals surface area contributed by atoms with E-state index in [4.69, 9.17) is 10.2 Å². The summed E-state index contributed by atoms with van der Waals surface area (Å²) in [6, 6.07) is 3.87. The monoisotopic (exact) mass is 198 g/mol. The first kappa shape index (κ1) is 10.5. The van der Waals surface area contributed by atoms with Crippen LogP contribution in [0.4, 0.5) is 4.39 Å². The van der Waals surface area contributed by atoms with Crippen LogP contribution in [0.3, 0.4) is 0 Å². The average molecular weight is 198 g/mol. The van der Waals surface area contributed by atoms with Gasteiger partial charge in [-0.3, -0.25) is 0 Å². The molecule has 0 aliphatic carbocycles. The lowest BCUT2D eigenvalue weighted by Crippen LogP contribution is -2.27. The number of phenolic OH excluding ortho intramolecular Hbond substituents is 1. The number of phenols is 1. The Hall–Kier alpha value is -1.58. The molecule has 1 unspecified atom stereocenters. The lowest BCUT2D eigenvalue weighted by Gasteiger charge is -2.17. The summed E-state index contributed by atoms with van der Waals surface area (Å²) in [6.45, 7) is 2.53. The summed E-state index contributed by atoms with van der Waals surface area (Å²) in [4.78, 5) is 10.6. The summed E-state index contributed by atoms with van der Waals surface area (Å²) < 4.78 is 13.7. The number of hydrogen-bond acceptors (Lipinski definition) is 2. The van der Waals surface area contributed by atoms with Gasteiger partial charge in [-0.05, 0) is 31.5 Å². The Morgan fingerprint density at radius 2 is 2.07 bits per heavy atom. The molecule has 2 N–H and O–H groups in total. The van der Waals surface area contributed by atoms with E-state index in [1.165, 1.54) is 18.2 Å². The zero-order valence-electron chi connectivity index (χ0n) is 7.91. The maximum absolute atomic E-state index is 13.7. The van der Waals surface area contributed by atoms with Gasteiger partial charge in [0.05, 0.1) is 0 Å². The van der Waals surface area contributed by atoms with Crippen LogP contribution in [0.15, 0.2) is 18.2 Å². The van der Waals surface area contributed by atoms with Gasteiger partial charge in [0.1, 0.15) is 5.75 Å². The Kier molecular flexibility index (Phi) is 2.47. The summed E-state index contributed by atoms with van der Waals surface area (Å²) >= 11 is 0. The van der Waals surface area contributed by atoms with E-state index in [0.717, 1.165) is 6.92 Å². The summed E-state index contributed by atoms with van der Waals surface area (Å²) in [6.07, 6.45) is 0. The molecule has 0 heterocycles. The van der Waals surface area contributed by atoms with Gasteiger partial charge in [0.15, 0.2) is 0 Å². The largest absolute Gasteiger partial charge is 0.508 e. The normalized spacial score (nSPS) is 14.8. The molecule has 0 fully saturated rings. The van der Waals surface area contributed by atoms with Gasteiger partial charge >= 0.3 is 5.97 Å². The Labute approximate surface area is 80.8 Å². The van der Waals surface area contributed by atoms with Gasteiger partial charge < -0.3 is 10.2 Å². The van der Waals surface area contributed by atoms with E-state index in [1.54, 1.807) is 6.92 Å². The van der Waals surface area contributed by atoms with Crippen LogP contribution in [0, 0.1) is 6.92 Å². The molecular weight excluding hydrogens is 187 g/mol. The van der Waals surface area contributed by atoms with Crippen LogP contribution in [-0.2, 0) is 10.5 Å². The van der Waals surface area contributed by atoms with Gasteiger partial charge in [-0.2, -0.15) is 0 Å². The van der Waals surface area contributed by atoms with Gasteiger partial charge in [0.25, 0.3) is 0 Å². The summed E-state index contributed by atoms with van der Waals surface area (Å²) in [7, 11) is 0. The molecule has 1 aromatic carbocycles. The molecule has 1 aromatic rings. The highest BCUT2D eigenvalue weighted by Crippen LogP contribution is 2.30. The zero-order valence-corrected chi connectivity index (χ0v) is 7.91. The van der Waals surface area contributed by atoms with E-state index in [0.29, 0.717) is 5.56 Å². The molecule has 1 atom stereocenters. The highest BCUT2D eigenvalue weighted by Gasteiger charge is 2.36. The summed E-state index contributed by atoms with van der Waals surface area (Å²) in [5, 5.41) is 17.7. The molecule has 0 amide bonds. The molecule has 0 spiro atoms. The summed E-state index contributed by atoms with van der Waals surface area (Å²) in [5.41, 5.74) is -1.95. The van der Waals surface area contributed by atoms with E-state index >= 15 is 0 Å². The Morgan fingerprint density at radius 1 is 1.50 bits per heavy atom. The quantitative estimate of drug-likeness (QED) is 0.763. The first-order valence-corrected chi connectivity index (χ1v) is 4.08. The van der Waals surface area contributed by atoms with Crippen molar-refractivity contribution in [3.63, 3.8) is 0 Å². The molecule has 4 heteroatoms. The lowest BCUT2D eigenvalue weighted by atomic mass is 9.93. The smallest absolute Gasteiger partial charge is 0.345 e. The maximum Gasteiger partial charge on any atom is 0.345 e. The van der Waals surface area contributed by atoms with Crippen molar-refractivity contribution in [1.82, 2.24) is 0 Å². The molecule has 0 bridgehead atoms.